The molecule has 2 heterocycles. The van der Waals surface area contributed by atoms with Crippen molar-refractivity contribution in [2.45, 2.75) is 6.92 Å². The summed E-state index contributed by atoms with van der Waals surface area (Å²) in [6.45, 7) is 3.64. The van der Waals surface area contributed by atoms with E-state index < -0.39 is 0 Å². The molecular formula is C10H14N4S. The zero-order valence-corrected chi connectivity index (χ0v) is 9.42. The number of thiophene rings is 1. The molecule has 0 aromatic carbocycles. The molecule has 0 amide bonds. The predicted octanol–water partition coefficient (Wildman–Crippen LogP) is 1.70. The van der Waals surface area contributed by atoms with Crippen LogP contribution in [0.15, 0.2) is 17.8 Å². The lowest BCUT2D eigenvalue weighted by molar-refractivity contribution is 0.627. The fraction of sp³-hybridized carbons (Fsp3) is 0.400. The van der Waals surface area contributed by atoms with Gasteiger partial charge in [-0.3, -0.25) is 0 Å². The highest BCUT2D eigenvalue weighted by Crippen LogP contribution is 2.24. The van der Waals surface area contributed by atoms with E-state index in [1.165, 1.54) is 0 Å². The van der Waals surface area contributed by atoms with Gasteiger partial charge < -0.3 is 11.1 Å². The van der Waals surface area contributed by atoms with E-state index in [0.717, 1.165) is 22.6 Å². The molecule has 0 aliphatic heterocycles. The van der Waals surface area contributed by atoms with Crippen LogP contribution in [0.1, 0.15) is 6.92 Å². The summed E-state index contributed by atoms with van der Waals surface area (Å²) in [5, 5.41) is 5.33. The third-order valence-electron chi connectivity index (χ3n) is 2.26. The first kappa shape index (κ1) is 10.3. The van der Waals surface area contributed by atoms with E-state index in [0.29, 0.717) is 12.5 Å². The van der Waals surface area contributed by atoms with Gasteiger partial charge in [-0.2, -0.15) is 0 Å². The molecule has 0 saturated heterocycles. The monoisotopic (exact) mass is 222 g/mol. The van der Waals surface area contributed by atoms with Gasteiger partial charge in [-0.15, -0.1) is 11.3 Å². The molecule has 80 valence electrons. The Bertz CT molecular complexity index is 440. The van der Waals surface area contributed by atoms with Crippen LogP contribution in [0.25, 0.3) is 10.2 Å². The van der Waals surface area contributed by atoms with Crippen LogP contribution in [0.4, 0.5) is 5.82 Å². The van der Waals surface area contributed by atoms with Crippen LogP contribution in [0.3, 0.4) is 0 Å². The molecule has 0 spiro atoms. The first-order valence-electron chi connectivity index (χ1n) is 4.93. The average Bonchev–Trinajstić information content (AvgIpc) is 2.74. The van der Waals surface area contributed by atoms with Gasteiger partial charge in [0.15, 0.2) is 0 Å². The average molecular weight is 222 g/mol. The Morgan fingerprint density at radius 1 is 1.53 bits per heavy atom. The molecule has 1 atom stereocenters. The predicted molar refractivity (Wildman–Crippen MR) is 64.1 cm³/mol. The fourth-order valence-electron chi connectivity index (χ4n) is 1.27. The number of anilines is 1. The number of hydrogen-bond donors (Lipinski definition) is 2. The third kappa shape index (κ3) is 2.24. The van der Waals surface area contributed by atoms with Crippen molar-refractivity contribution in [2.24, 2.45) is 11.7 Å². The van der Waals surface area contributed by atoms with Gasteiger partial charge >= 0.3 is 0 Å². The number of nitrogens with zero attached hydrogens (tertiary/aromatic N) is 2. The maximum absolute atomic E-state index is 5.56. The SMILES string of the molecule is CC(CN)CNc1ncnc2ccsc12. The van der Waals surface area contributed by atoms with E-state index in [4.69, 9.17) is 5.73 Å². The van der Waals surface area contributed by atoms with Crippen molar-refractivity contribution in [3.05, 3.63) is 17.8 Å². The van der Waals surface area contributed by atoms with Gasteiger partial charge in [-0.25, -0.2) is 9.97 Å². The van der Waals surface area contributed by atoms with Crippen molar-refractivity contribution < 1.29 is 0 Å². The topological polar surface area (TPSA) is 63.8 Å². The molecule has 5 heteroatoms. The molecule has 2 aromatic heterocycles. The second-order valence-corrected chi connectivity index (χ2v) is 4.50. The summed E-state index contributed by atoms with van der Waals surface area (Å²) in [5.74, 6) is 1.37. The number of nitrogens with two attached hydrogens (primary N) is 1. The van der Waals surface area contributed by atoms with Crippen LogP contribution >= 0.6 is 11.3 Å². The summed E-state index contributed by atoms with van der Waals surface area (Å²) in [7, 11) is 0. The summed E-state index contributed by atoms with van der Waals surface area (Å²) < 4.78 is 1.11. The number of hydrogen-bond acceptors (Lipinski definition) is 5. The first-order chi connectivity index (χ1) is 7.31. The Hall–Kier alpha value is -1.20. The van der Waals surface area contributed by atoms with Gasteiger partial charge in [-0.1, -0.05) is 6.92 Å². The van der Waals surface area contributed by atoms with Gasteiger partial charge in [0.05, 0.1) is 10.2 Å². The highest BCUT2D eigenvalue weighted by atomic mass is 32.1. The Morgan fingerprint density at radius 2 is 2.40 bits per heavy atom. The van der Waals surface area contributed by atoms with Crippen LogP contribution in [0.5, 0.6) is 0 Å². The zero-order chi connectivity index (χ0) is 10.7. The maximum Gasteiger partial charge on any atom is 0.147 e. The normalized spacial score (nSPS) is 12.9. The molecule has 4 nitrogen and oxygen atoms in total. The standard InChI is InChI=1S/C10H14N4S/c1-7(4-11)5-12-10-9-8(2-3-15-9)13-6-14-10/h2-3,6-7H,4-5,11H2,1H3,(H,12,13,14). The molecule has 15 heavy (non-hydrogen) atoms. The molecule has 0 aliphatic rings. The lowest BCUT2D eigenvalue weighted by Crippen LogP contribution is -2.20. The molecule has 0 bridgehead atoms. The van der Waals surface area contributed by atoms with Crippen molar-refractivity contribution in [3.8, 4) is 0 Å². The summed E-state index contributed by atoms with van der Waals surface area (Å²) >= 11 is 1.65. The van der Waals surface area contributed by atoms with Gasteiger partial charge in [-0.05, 0) is 23.9 Å². The third-order valence-corrected chi connectivity index (χ3v) is 3.17. The Kier molecular flexibility index (Phi) is 3.13. The molecule has 0 fully saturated rings. The first-order valence-corrected chi connectivity index (χ1v) is 5.81. The van der Waals surface area contributed by atoms with Gasteiger partial charge in [0.1, 0.15) is 12.1 Å². The minimum absolute atomic E-state index is 0.454. The van der Waals surface area contributed by atoms with E-state index >= 15 is 0 Å². The molecule has 1 unspecified atom stereocenters. The van der Waals surface area contributed by atoms with Gasteiger partial charge in [0.25, 0.3) is 0 Å². The largest absolute Gasteiger partial charge is 0.368 e. The van der Waals surface area contributed by atoms with Crippen LogP contribution in [-0.4, -0.2) is 23.1 Å². The zero-order valence-electron chi connectivity index (χ0n) is 8.60. The lowest BCUT2D eigenvalue weighted by Gasteiger charge is -2.10. The summed E-state index contributed by atoms with van der Waals surface area (Å²) in [5.41, 5.74) is 6.56. The Morgan fingerprint density at radius 3 is 3.20 bits per heavy atom. The second-order valence-electron chi connectivity index (χ2n) is 3.58. The number of nitrogens with one attached hydrogen (secondary N) is 1. The Balaban J connectivity index is 2.17. The smallest absolute Gasteiger partial charge is 0.147 e. The van der Waals surface area contributed by atoms with Crippen molar-refractivity contribution in [2.75, 3.05) is 18.4 Å². The molecule has 2 rings (SSSR count). The summed E-state index contributed by atoms with van der Waals surface area (Å²) in [6.07, 6.45) is 1.59. The minimum atomic E-state index is 0.454. The van der Waals surface area contributed by atoms with E-state index in [2.05, 4.69) is 22.2 Å². The quantitative estimate of drug-likeness (QED) is 0.826. The van der Waals surface area contributed by atoms with Crippen molar-refractivity contribution in [3.63, 3.8) is 0 Å². The van der Waals surface area contributed by atoms with Gasteiger partial charge in [0.2, 0.25) is 0 Å². The van der Waals surface area contributed by atoms with E-state index in [-0.39, 0.29) is 0 Å². The van der Waals surface area contributed by atoms with E-state index in [9.17, 15) is 0 Å². The lowest BCUT2D eigenvalue weighted by atomic mass is 10.2. The van der Waals surface area contributed by atoms with Crippen LogP contribution in [0, 0.1) is 5.92 Å². The molecule has 0 saturated carbocycles. The molecule has 0 aliphatic carbocycles. The molecule has 3 N–H and O–H groups in total. The highest BCUT2D eigenvalue weighted by Gasteiger charge is 2.05. The van der Waals surface area contributed by atoms with Crippen LogP contribution < -0.4 is 11.1 Å². The van der Waals surface area contributed by atoms with E-state index in [1.807, 2.05) is 11.4 Å². The fourth-order valence-corrected chi connectivity index (χ4v) is 2.08. The maximum atomic E-state index is 5.56. The van der Waals surface area contributed by atoms with Crippen LogP contribution in [-0.2, 0) is 0 Å². The molecular weight excluding hydrogens is 208 g/mol. The van der Waals surface area contributed by atoms with Crippen molar-refractivity contribution in [1.82, 2.24) is 9.97 Å². The number of aromatic nitrogens is 2. The molecule has 0 radical (unpaired) electrons. The van der Waals surface area contributed by atoms with Crippen molar-refractivity contribution >= 4 is 27.4 Å². The van der Waals surface area contributed by atoms with Crippen molar-refractivity contribution in [1.29, 1.82) is 0 Å². The number of rotatable bonds is 4. The molecule has 2 aromatic rings. The highest BCUT2D eigenvalue weighted by molar-refractivity contribution is 7.17. The minimum Gasteiger partial charge on any atom is -0.368 e. The van der Waals surface area contributed by atoms with E-state index in [1.54, 1.807) is 17.7 Å². The van der Waals surface area contributed by atoms with Crippen LogP contribution in [0.2, 0.25) is 0 Å². The summed E-state index contributed by atoms with van der Waals surface area (Å²) in [6, 6.07) is 2.00. The van der Waals surface area contributed by atoms with Gasteiger partial charge in [0, 0.05) is 6.54 Å². The Labute approximate surface area is 92.5 Å². The number of fused-ring (bicyclic) bond motifs is 1. The second kappa shape index (κ2) is 4.55. The summed E-state index contributed by atoms with van der Waals surface area (Å²) in [4.78, 5) is 8.42.